The van der Waals surface area contributed by atoms with Crippen molar-refractivity contribution in [3.63, 3.8) is 0 Å². The summed E-state index contributed by atoms with van der Waals surface area (Å²) in [4.78, 5) is 12.2. The van der Waals surface area contributed by atoms with E-state index in [4.69, 9.17) is 11.6 Å². The Hall–Kier alpha value is -1.65. The summed E-state index contributed by atoms with van der Waals surface area (Å²) in [7, 11) is -0.992. The van der Waals surface area contributed by atoms with Gasteiger partial charge in [-0.05, 0) is 23.6 Å². The smallest absolute Gasteiger partial charge is 0.220 e. The van der Waals surface area contributed by atoms with Crippen molar-refractivity contribution in [2.45, 2.75) is 18.9 Å². The quantitative estimate of drug-likeness (QED) is 0.831. The number of carbonyl (C=O) groups excluding carboxylic acids is 1. The zero-order valence-corrected chi connectivity index (χ0v) is 14.6. The third-order valence-electron chi connectivity index (χ3n) is 3.52. The fourth-order valence-electron chi connectivity index (χ4n) is 2.36. The summed E-state index contributed by atoms with van der Waals surface area (Å²) in [6.07, 6.45) is 2.58. The first kappa shape index (κ1) is 17.7. The van der Waals surface area contributed by atoms with Gasteiger partial charge < -0.3 is 5.32 Å². The van der Waals surface area contributed by atoms with Crippen LogP contribution in [0.25, 0.3) is 0 Å². The van der Waals surface area contributed by atoms with E-state index in [0.29, 0.717) is 23.6 Å². The number of nitrogens with one attached hydrogen (secondary N) is 1. The third kappa shape index (κ3) is 5.81. The molecule has 2 rings (SSSR count). The molecule has 0 aliphatic carbocycles. The Kier molecular flexibility index (Phi) is 6.81. The summed E-state index contributed by atoms with van der Waals surface area (Å²) >= 11 is 6.11. The number of aryl methyl sites for hydroxylation is 1. The lowest BCUT2D eigenvalue weighted by molar-refractivity contribution is -0.121. The van der Waals surface area contributed by atoms with Crippen LogP contribution in [-0.4, -0.2) is 22.1 Å². The van der Waals surface area contributed by atoms with Crippen LogP contribution in [0.5, 0.6) is 0 Å². The number of halogens is 1. The fraction of sp³-hybridized carbons (Fsp3) is 0.278. The Labute approximate surface area is 144 Å². The number of carbonyl (C=O) groups is 1. The summed E-state index contributed by atoms with van der Waals surface area (Å²) in [5.41, 5.74) is 1.92. The van der Waals surface area contributed by atoms with Gasteiger partial charge in [-0.25, -0.2) is 0 Å². The topological polar surface area (TPSA) is 46.2 Å². The van der Waals surface area contributed by atoms with Crippen molar-refractivity contribution < 1.29 is 9.00 Å². The number of hydrogen-bond donors (Lipinski definition) is 1. The lowest BCUT2D eigenvalue weighted by Gasteiger charge is -2.18. The molecule has 0 saturated heterocycles. The van der Waals surface area contributed by atoms with E-state index < -0.39 is 10.8 Å². The molecule has 23 heavy (non-hydrogen) atoms. The zero-order valence-electron chi connectivity index (χ0n) is 13.0. The summed E-state index contributed by atoms with van der Waals surface area (Å²) in [5.74, 6) is 0.339. The minimum atomic E-state index is -0.992. The molecule has 122 valence electrons. The third-order valence-corrected chi connectivity index (χ3v) is 4.69. The fourth-order valence-corrected chi connectivity index (χ4v) is 3.33. The second-order valence-electron chi connectivity index (χ2n) is 5.36. The van der Waals surface area contributed by atoms with Crippen molar-refractivity contribution in [1.82, 2.24) is 5.32 Å². The van der Waals surface area contributed by atoms with Crippen LogP contribution < -0.4 is 5.32 Å². The molecule has 0 saturated carbocycles. The van der Waals surface area contributed by atoms with Gasteiger partial charge in [0.05, 0.1) is 6.04 Å². The molecule has 0 heterocycles. The molecule has 0 bridgehead atoms. The molecule has 0 fully saturated rings. The maximum Gasteiger partial charge on any atom is 0.220 e. The maximum absolute atomic E-state index is 12.2. The van der Waals surface area contributed by atoms with Gasteiger partial charge in [-0.2, -0.15) is 0 Å². The first-order valence-electron chi connectivity index (χ1n) is 7.44. The summed E-state index contributed by atoms with van der Waals surface area (Å²) in [5, 5.41) is 3.65. The van der Waals surface area contributed by atoms with Crippen LogP contribution in [0.1, 0.15) is 23.6 Å². The van der Waals surface area contributed by atoms with Gasteiger partial charge in [-0.3, -0.25) is 9.00 Å². The average Bonchev–Trinajstić information content (AvgIpc) is 2.54. The Bertz CT molecular complexity index is 676. The highest BCUT2D eigenvalue weighted by molar-refractivity contribution is 7.84. The molecule has 3 nitrogen and oxygen atoms in total. The average molecular weight is 350 g/mol. The van der Waals surface area contributed by atoms with Gasteiger partial charge in [-0.1, -0.05) is 60.1 Å². The van der Waals surface area contributed by atoms with E-state index in [0.717, 1.165) is 11.1 Å². The summed E-state index contributed by atoms with van der Waals surface area (Å²) in [6.45, 7) is 0. The van der Waals surface area contributed by atoms with E-state index in [1.165, 1.54) is 0 Å². The summed E-state index contributed by atoms with van der Waals surface area (Å²) in [6, 6.07) is 16.9. The van der Waals surface area contributed by atoms with Crippen LogP contribution in [-0.2, 0) is 22.0 Å². The Morgan fingerprint density at radius 1 is 1.13 bits per heavy atom. The highest BCUT2D eigenvalue weighted by Gasteiger charge is 2.16. The van der Waals surface area contributed by atoms with Crippen molar-refractivity contribution in [3.05, 3.63) is 70.7 Å². The van der Waals surface area contributed by atoms with Gasteiger partial charge in [0.25, 0.3) is 0 Å². The normalized spacial score (nSPS) is 13.3. The molecule has 0 spiro atoms. The maximum atomic E-state index is 12.2. The van der Waals surface area contributed by atoms with E-state index in [2.05, 4.69) is 5.32 Å². The van der Waals surface area contributed by atoms with Crippen molar-refractivity contribution in [2.75, 3.05) is 12.0 Å². The molecular weight excluding hydrogens is 330 g/mol. The SMILES string of the molecule is CS(=O)CC(NC(=O)CCc1ccccc1Cl)c1ccccc1. The molecule has 0 aliphatic heterocycles. The van der Waals surface area contributed by atoms with E-state index in [1.807, 2.05) is 54.6 Å². The predicted octanol–water partition coefficient (Wildman–Crippen LogP) is 3.51. The molecule has 2 aromatic rings. The molecule has 1 N–H and O–H groups in total. The van der Waals surface area contributed by atoms with Gasteiger partial charge in [-0.15, -0.1) is 0 Å². The molecule has 0 aliphatic rings. The zero-order chi connectivity index (χ0) is 16.7. The Morgan fingerprint density at radius 3 is 2.43 bits per heavy atom. The van der Waals surface area contributed by atoms with Crippen LogP contribution in [0.2, 0.25) is 5.02 Å². The highest BCUT2D eigenvalue weighted by Crippen LogP contribution is 2.17. The molecule has 0 radical (unpaired) electrons. The van der Waals surface area contributed by atoms with Crippen molar-refractivity contribution in [3.8, 4) is 0 Å². The first-order chi connectivity index (χ1) is 11.1. The van der Waals surface area contributed by atoms with Gasteiger partial charge in [0.2, 0.25) is 5.91 Å². The first-order valence-corrected chi connectivity index (χ1v) is 9.54. The molecule has 2 unspecified atom stereocenters. The predicted molar refractivity (Wildman–Crippen MR) is 96.0 cm³/mol. The van der Waals surface area contributed by atoms with Crippen LogP contribution in [0.15, 0.2) is 54.6 Å². The minimum Gasteiger partial charge on any atom is -0.348 e. The van der Waals surface area contributed by atoms with E-state index >= 15 is 0 Å². The number of rotatable bonds is 7. The second kappa shape index (κ2) is 8.85. The monoisotopic (exact) mass is 349 g/mol. The van der Waals surface area contributed by atoms with Gasteiger partial charge in [0.1, 0.15) is 0 Å². The van der Waals surface area contributed by atoms with Crippen molar-refractivity contribution in [1.29, 1.82) is 0 Å². The van der Waals surface area contributed by atoms with Crippen molar-refractivity contribution in [2.24, 2.45) is 0 Å². The molecule has 2 aromatic carbocycles. The van der Waals surface area contributed by atoms with Crippen LogP contribution in [0, 0.1) is 0 Å². The van der Waals surface area contributed by atoms with E-state index in [9.17, 15) is 9.00 Å². The van der Waals surface area contributed by atoms with Crippen LogP contribution >= 0.6 is 11.6 Å². The van der Waals surface area contributed by atoms with E-state index in [1.54, 1.807) is 6.26 Å². The molecule has 0 aromatic heterocycles. The Morgan fingerprint density at radius 2 is 1.78 bits per heavy atom. The standard InChI is InChI=1S/C18H20ClNO2S/c1-23(22)13-17(15-8-3-2-4-9-15)20-18(21)12-11-14-7-5-6-10-16(14)19/h2-10,17H,11-13H2,1H3,(H,20,21). The van der Waals surface area contributed by atoms with Crippen LogP contribution in [0.4, 0.5) is 0 Å². The lowest BCUT2D eigenvalue weighted by atomic mass is 10.1. The number of hydrogen-bond acceptors (Lipinski definition) is 2. The van der Waals surface area contributed by atoms with Gasteiger partial charge >= 0.3 is 0 Å². The van der Waals surface area contributed by atoms with Gasteiger partial charge in [0, 0.05) is 34.3 Å². The molecule has 1 amide bonds. The number of amides is 1. The van der Waals surface area contributed by atoms with Gasteiger partial charge in [0.15, 0.2) is 0 Å². The van der Waals surface area contributed by atoms with Crippen LogP contribution in [0.3, 0.4) is 0 Å². The molecular formula is C18H20ClNO2S. The number of benzene rings is 2. The summed E-state index contributed by atoms with van der Waals surface area (Å²) < 4.78 is 11.6. The molecule has 5 heteroatoms. The van der Waals surface area contributed by atoms with Crippen molar-refractivity contribution >= 4 is 28.3 Å². The minimum absolute atomic E-state index is 0.0655. The largest absolute Gasteiger partial charge is 0.348 e. The lowest BCUT2D eigenvalue weighted by Crippen LogP contribution is -2.32. The molecule has 2 atom stereocenters. The highest BCUT2D eigenvalue weighted by atomic mass is 35.5. The van der Waals surface area contributed by atoms with E-state index in [-0.39, 0.29) is 11.9 Å². The second-order valence-corrected chi connectivity index (χ2v) is 7.25. The Balaban J connectivity index is 1.98.